The summed E-state index contributed by atoms with van der Waals surface area (Å²) < 4.78 is 5.02. The molecule has 116 valence electrons. The van der Waals surface area contributed by atoms with Crippen LogP contribution in [0.15, 0.2) is 28.7 Å². The zero-order valence-corrected chi connectivity index (χ0v) is 13.4. The smallest absolute Gasteiger partial charge is 0.246 e. The topological polar surface area (TPSA) is 83.8 Å². The molecular formula is C15H17N3O3S. The van der Waals surface area contributed by atoms with E-state index in [1.54, 1.807) is 19.1 Å². The fraction of sp³-hybridized carbons (Fsp3) is 0.267. The molecule has 2 rings (SSSR count). The van der Waals surface area contributed by atoms with Crippen molar-refractivity contribution in [3.05, 3.63) is 39.8 Å². The Balaban J connectivity index is 2.01. The highest BCUT2D eigenvalue weighted by Gasteiger charge is 2.08. The lowest BCUT2D eigenvalue weighted by Gasteiger charge is -2.06. The number of hydrogen-bond donors (Lipinski definition) is 2. The number of amides is 1. The number of aryl methyl sites for hydroxylation is 1. The fourth-order valence-corrected chi connectivity index (χ4v) is 2.46. The first kappa shape index (κ1) is 16.0. The molecule has 1 aromatic heterocycles. The van der Waals surface area contributed by atoms with Crippen molar-refractivity contribution in [3.63, 3.8) is 0 Å². The van der Waals surface area contributed by atoms with Gasteiger partial charge in [-0.3, -0.25) is 4.79 Å². The predicted molar refractivity (Wildman–Crippen MR) is 85.6 cm³/mol. The van der Waals surface area contributed by atoms with Gasteiger partial charge in [0.25, 0.3) is 0 Å². The molecule has 1 aromatic carbocycles. The van der Waals surface area contributed by atoms with Crippen LogP contribution in [-0.4, -0.2) is 28.8 Å². The number of carbonyl (C=O) groups excluding carboxylic acids is 1. The average molecular weight is 319 g/mol. The minimum atomic E-state index is -0.252. The number of nitrogens with one attached hydrogen (secondary N) is 1. The number of aromatic hydroxyl groups is 1. The van der Waals surface area contributed by atoms with Crippen LogP contribution in [-0.2, 0) is 11.2 Å². The first-order valence-corrected chi connectivity index (χ1v) is 7.49. The number of phenols is 1. The number of thiazole rings is 1. The van der Waals surface area contributed by atoms with E-state index in [9.17, 15) is 9.90 Å². The summed E-state index contributed by atoms with van der Waals surface area (Å²) in [4.78, 5) is 16.0. The van der Waals surface area contributed by atoms with E-state index in [4.69, 9.17) is 4.74 Å². The van der Waals surface area contributed by atoms with Gasteiger partial charge in [-0.1, -0.05) is 0 Å². The Morgan fingerprint density at radius 1 is 1.50 bits per heavy atom. The van der Waals surface area contributed by atoms with Crippen LogP contribution in [0.1, 0.15) is 23.2 Å². The monoisotopic (exact) mass is 319 g/mol. The molecule has 2 aromatic rings. The molecule has 6 nitrogen and oxygen atoms in total. The Bertz CT molecular complexity index is 710. The lowest BCUT2D eigenvalue weighted by atomic mass is 10.1. The SMILES string of the molecule is COc1ccc(/C(C)=N/NC(=O)Cc2csc(C)n2)c(O)c1. The van der Waals surface area contributed by atoms with E-state index in [1.165, 1.54) is 24.5 Å². The summed E-state index contributed by atoms with van der Waals surface area (Å²) in [6, 6.07) is 4.89. The lowest BCUT2D eigenvalue weighted by molar-refractivity contribution is -0.120. The number of nitrogens with zero attached hydrogens (tertiary/aromatic N) is 2. The minimum Gasteiger partial charge on any atom is -0.507 e. The molecule has 0 radical (unpaired) electrons. The zero-order chi connectivity index (χ0) is 16.1. The number of carbonyl (C=O) groups is 1. The van der Waals surface area contributed by atoms with Gasteiger partial charge in [0.1, 0.15) is 11.5 Å². The van der Waals surface area contributed by atoms with Gasteiger partial charge in [-0.25, -0.2) is 10.4 Å². The second-order valence-electron chi connectivity index (χ2n) is 4.65. The molecule has 1 amide bonds. The highest BCUT2D eigenvalue weighted by atomic mass is 32.1. The molecule has 0 atom stereocenters. The zero-order valence-electron chi connectivity index (χ0n) is 12.6. The number of benzene rings is 1. The average Bonchev–Trinajstić information content (AvgIpc) is 2.89. The van der Waals surface area contributed by atoms with Gasteiger partial charge in [-0.2, -0.15) is 5.10 Å². The van der Waals surface area contributed by atoms with Crippen molar-refractivity contribution >= 4 is 23.0 Å². The van der Waals surface area contributed by atoms with Crippen LogP contribution < -0.4 is 10.2 Å². The molecule has 0 aliphatic rings. The molecule has 0 saturated heterocycles. The van der Waals surface area contributed by atoms with Crippen LogP contribution >= 0.6 is 11.3 Å². The summed E-state index contributed by atoms with van der Waals surface area (Å²) in [7, 11) is 1.52. The van der Waals surface area contributed by atoms with Crippen molar-refractivity contribution in [2.24, 2.45) is 5.10 Å². The van der Waals surface area contributed by atoms with E-state index in [1.807, 2.05) is 12.3 Å². The Morgan fingerprint density at radius 3 is 2.86 bits per heavy atom. The van der Waals surface area contributed by atoms with Gasteiger partial charge in [0.2, 0.25) is 5.91 Å². The Kier molecular flexibility index (Phi) is 5.11. The van der Waals surface area contributed by atoms with Crippen molar-refractivity contribution in [1.29, 1.82) is 0 Å². The third-order valence-electron chi connectivity index (χ3n) is 2.95. The van der Waals surface area contributed by atoms with E-state index < -0.39 is 0 Å². The van der Waals surface area contributed by atoms with Gasteiger partial charge < -0.3 is 9.84 Å². The van der Waals surface area contributed by atoms with Gasteiger partial charge >= 0.3 is 0 Å². The van der Waals surface area contributed by atoms with Crippen molar-refractivity contribution in [3.8, 4) is 11.5 Å². The van der Waals surface area contributed by atoms with Gasteiger partial charge in [-0.15, -0.1) is 11.3 Å². The summed E-state index contributed by atoms with van der Waals surface area (Å²) in [5.74, 6) is 0.347. The Hall–Kier alpha value is -2.41. The van der Waals surface area contributed by atoms with Crippen LogP contribution in [0, 0.1) is 6.92 Å². The summed E-state index contributed by atoms with van der Waals surface area (Å²) in [5, 5.41) is 16.7. The number of aromatic nitrogens is 1. The molecule has 0 unspecified atom stereocenters. The maximum Gasteiger partial charge on any atom is 0.246 e. The first-order chi connectivity index (χ1) is 10.5. The van der Waals surface area contributed by atoms with Crippen molar-refractivity contribution in [1.82, 2.24) is 10.4 Å². The summed E-state index contributed by atoms with van der Waals surface area (Å²) in [6.45, 7) is 3.59. The van der Waals surface area contributed by atoms with E-state index in [2.05, 4.69) is 15.5 Å². The number of methoxy groups -OCH3 is 1. The van der Waals surface area contributed by atoms with Crippen LogP contribution in [0.4, 0.5) is 0 Å². The van der Waals surface area contributed by atoms with E-state index in [0.717, 1.165) is 10.7 Å². The van der Waals surface area contributed by atoms with E-state index >= 15 is 0 Å². The third kappa shape index (κ3) is 4.05. The lowest BCUT2D eigenvalue weighted by Crippen LogP contribution is -2.21. The summed E-state index contributed by atoms with van der Waals surface area (Å²) >= 11 is 1.50. The molecule has 0 saturated carbocycles. The molecule has 0 aliphatic heterocycles. The Labute approximate surface area is 132 Å². The third-order valence-corrected chi connectivity index (χ3v) is 3.77. The normalized spacial score (nSPS) is 11.3. The number of hydrogen-bond acceptors (Lipinski definition) is 6. The van der Waals surface area contributed by atoms with Crippen molar-refractivity contribution in [2.45, 2.75) is 20.3 Å². The van der Waals surface area contributed by atoms with E-state index in [-0.39, 0.29) is 18.1 Å². The maximum atomic E-state index is 11.8. The minimum absolute atomic E-state index is 0.0463. The highest BCUT2D eigenvalue weighted by molar-refractivity contribution is 7.09. The molecule has 0 bridgehead atoms. The quantitative estimate of drug-likeness (QED) is 0.654. The van der Waals surface area contributed by atoms with Gasteiger partial charge in [-0.05, 0) is 26.0 Å². The predicted octanol–water partition coefficient (Wildman–Crippen LogP) is 2.25. The Morgan fingerprint density at radius 2 is 2.27 bits per heavy atom. The number of rotatable bonds is 5. The summed E-state index contributed by atoms with van der Waals surface area (Å²) in [6.07, 6.45) is 0.176. The molecule has 7 heteroatoms. The largest absolute Gasteiger partial charge is 0.507 e. The highest BCUT2D eigenvalue weighted by Crippen LogP contribution is 2.23. The van der Waals surface area contributed by atoms with Gasteiger partial charge in [0, 0.05) is 17.0 Å². The molecule has 1 heterocycles. The number of phenolic OH excluding ortho intramolecular Hbond substituents is 1. The van der Waals surface area contributed by atoms with Crippen LogP contribution in [0.25, 0.3) is 0 Å². The molecule has 0 spiro atoms. The second-order valence-corrected chi connectivity index (χ2v) is 5.71. The molecular weight excluding hydrogens is 302 g/mol. The first-order valence-electron chi connectivity index (χ1n) is 6.61. The van der Waals surface area contributed by atoms with Crippen LogP contribution in [0.5, 0.6) is 11.5 Å². The summed E-state index contributed by atoms with van der Waals surface area (Å²) in [5.41, 5.74) is 4.22. The standard InChI is InChI=1S/C15H17N3O3S/c1-9(13-5-4-12(21-3)7-14(13)19)17-18-15(20)6-11-8-22-10(2)16-11/h4-5,7-8,19H,6H2,1-3H3,(H,18,20)/b17-9+. The van der Waals surface area contributed by atoms with Crippen LogP contribution in [0.2, 0.25) is 0 Å². The molecule has 0 fully saturated rings. The second kappa shape index (κ2) is 7.04. The molecule has 22 heavy (non-hydrogen) atoms. The van der Waals surface area contributed by atoms with E-state index in [0.29, 0.717) is 17.0 Å². The van der Waals surface area contributed by atoms with Crippen LogP contribution in [0.3, 0.4) is 0 Å². The van der Waals surface area contributed by atoms with Gasteiger partial charge in [0.05, 0.1) is 29.9 Å². The van der Waals surface area contributed by atoms with Crippen molar-refractivity contribution < 1.29 is 14.6 Å². The number of ether oxygens (including phenoxy) is 1. The maximum absolute atomic E-state index is 11.8. The molecule has 2 N–H and O–H groups in total. The van der Waals surface area contributed by atoms with Crippen molar-refractivity contribution in [2.75, 3.05) is 7.11 Å². The fourth-order valence-electron chi connectivity index (χ4n) is 1.84. The molecule has 0 aliphatic carbocycles. The number of hydrazone groups is 1. The van der Waals surface area contributed by atoms with Gasteiger partial charge in [0.15, 0.2) is 0 Å².